The van der Waals surface area contributed by atoms with E-state index in [1.54, 1.807) is 38.1 Å². The Morgan fingerprint density at radius 1 is 1.36 bits per heavy atom. The molecule has 7 nitrogen and oxygen atoms in total. The topological polar surface area (TPSA) is 93.7 Å². The first-order valence-corrected chi connectivity index (χ1v) is 8.33. The first-order chi connectivity index (χ1) is 11.9. The number of carbonyl (C=O) groups is 3. The quantitative estimate of drug-likeness (QED) is 0.766. The number of ether oxygens (including phenoxy) is 2. The summed E-state index contributed by atoms with van der Waals surface area (Å²) in [7, 11) is 1.28. The van der Waals surface area contributed by atoms with Crippen molar-refractivity contribution in [1.29, 1.82) is 0 Å². The van der Waals surface area contributed by atoms with Crippen molar-refractivity contribution in [3.8, 4) is 0 Å². The third-order valence-electron chi connectivity index (χ3n) is 4.35. The van der Waals surface area contributed by atoms with E-state index in [1.165, 1.54) is 7.11 Å². The van der Waals surface area contributed by atoms with E-state index in [2.05, 4.69) is 10.6 Å². The summed E-state index contributed by atoms with van der Waals surface area (Å²) in [5.74, 6) is -1.14. The third kappa shape index (κ3) is 4.57. The van der Waals surface area contributed by atoms with Gasteiger partial charge >= 0.3 is 5.97 Å². The monoisotopic (exact) mass is 348 g/mol. The average Bonchev–Trinajstić information content (AvgIpc) is 3.15. The van der Waals surface area contributed by atoms with E-state index in [4.69, 9.17) is 9.47 Å². The molecule has 0 bridgehead atoms. The number of benzene rings is 1. The fourth-order valence-electron chi connectivity index (χ4n) is 2.58. The molecule has 0 unspecified atom stereocenters. The average molecular weight is 348 g/mol. The minimum absolute atomic E-state index is 0.219. The Bertz CT molecular complexity index is 655. The molecule has 1 aromatic rings. The van der Waals surface area contributed by atoms with Gasteiger partial charge in [0.05, 0.1) is 7.11 Å². The Balaban J connectivity index is 2.08. The van der Waals surface area contributed by atoms with Gasteiger partial charge in [0.1, 0.15) is 11.6 Å². The van der Waals surface area contributed by atoms with E-state index in [1.807, 2.05) is 0 Å². The van der Waals surface area contributed by atoms with Crippen LogP contribution >= 0.6 is 0 Å². The fourth-order valence-corrected chi connectivity index (χ4v) is 2.58. The van der Waals surface area contributed by atoms with Gasteiger partial charge in [-0.2, -0.15) is 0 Å². The molecule has 1 heterocycles. The van der Waals surface area contributed by atoms with Crippen LogP contribution in [0.15, 0.2) is 24.3 Å². The van der Waals surface area contributed by atoms with Gasteiger partial charge in [0.2, 0.25) is 0 Å². The van der Waals surface area contributed by atoms with E-state index >= 15 is 0 Å². The highest BCUT2D eigenvalue weighted by Gasteiger charge is 2.34. The highest BCUT2D eigenvalue weighted by molar-refractivity contribution is 6.00. The number of rotatable bonds is 6. The lowest BCUT2D eigenvalue weighted by Gasteiger charge is -2.26. The lowest BCUT2D eigenvalue weighted by atomic mass is 9.98. The van der Waals surface area contributed by atoms with E-state index in [0.717, 1.165) is 6.42 Å². The molecule has 0 spiro atoms. The van der Waals surface area contributed by atoms with E-state index in [9.17, 15) is 14.4 Å². The minimum atomic E-state index is -1.11. The van der Waals surface area contributed by atoms with Crippen molar-refractivity contribution in [3.63, 3.8) is 0 Å². The lowest BCUT2D eigenvalue weighted by Crippen LogP contribution is -2.52. The van der Waals surface area contributed by atoms with Gasteiger partial charge in [-0.25, -0.2) is 4.79 Å². The summed E-state index contributed by atoms with van der Waals surface area (Å²) in [5, 5.41) is 5.45. The molecule has 2 atom stereocenters. The summed E-state index contributed by atoms with van der Waals surface area (Å²) < 4.78 is 10.1. The molecular formula is C18H24N2O5. The molecule has 0 radical (unpaired) electrons. The molecule has 2 rings (SSSR count). The third-order valence-corrected chi connectivity index (χ3v) is 4.35. The van der Waals surface area contributed by atoms with Gasteiger partial charge in [0, 0.05) is 17.9 Å². The summed E-state index contributed by atoms with van der Waals surface area (Å²) in [5.41, 5.74) is -0.263. The Labute approximate surface area is 147 Å². The minimum Gasteiger partial charge on any atom is -0.467 e. The molecule has 1 aromatic carbocycles. The van der Waals surface area contributed by atoms with Crippen LogP contribution < -0.4 is 10.6 Å². The van der Waals surface area contributed by atoms with E-state index < -0.39 is 23.5 Å². The zero-order chi connectivity index (χ0) is 18.4. The van der Waals surface area contributed by atoms with Gasteiger partial charge in [-0.05, 0) is 44.4 Å². The predicted octanol–water partition coefficient (Wildman–Crippen LogP) is 1.88. The van der Waals surface area contributed by atoms with Crippen molar-refractivity contribution in [3.05, 3.63) is 29.8 Å². The molecule has 1 fully saturated rings. The Morgan fingerprint density at radius 2 is 2.12 bits per heavy atom. The first-order valence-electron chi connectivity index (χ1n) is 8.33. The van der Waals surface area contributed by atoms with Crippen molar-refractivity contribution in [2.24, 2.45) is 0 Å². The highest BCUT2D eigenvalue weighted by Crippen LogP contribution is 2.18. The standard InChI is InChI=1S/C18H24N2O5/c1-4-18(2,17(23)24-3)20-15(21)12-7-5-8-13(11-12)19-16(22)14-9-6-10-25-14/h5,7-8,11,14H,4,6,9-10H2,1-3H3,(H,19,22)(H,20,21)/t14-,18-/m1/s1. The molecule has 2 amide bonds. The number of anilines is 1. The molecule has 0 saturated carbocycles. The van der Waals surface area contributed by atoms with Crippen LogP contribution in [0.25, 0.3) is 0 Å². The second-order valence-corrected chi connectivity index (χ2v) is 6.20. The van der Waals surface area contributed by atoms with Gasteiger partial charge < -0.3 is 20.1 Å². The van der Waals surface area contributed by atoms with Crippen molar-refractivity contribution >= 4 is 23.5 Å². The lowest BCUT2D eigenvalue weighted by molar-refractivity contribution is -0.147. The van der Waals surface area contributed by atoms with Crippen molar-refractivity contribution in [2.45, 2.75) is 44.8 Å². The molecule has 1 aliphatic rings. The number of nitrogens with one attached hydrogen (secondary N) is 2. The fraction of sp³-hybridized carbons (Fsp3) is 0.500. The largest absolute Gasteiger partial charge is 0.467 e. The van der Waals surface area contributed by atoms with Crippen LogP contribution in [0.1, 0.15) is 43.5 Å². The second kappa shape index (κ2) is 8.11. The number of hydrogen-bond donors (Lipinski definition) is 2. The Kier molecular flexibility index (Phi) is 6.14. The maximum atomic E-state index is 12.5. The summed E-state index contributed by atoms with van der Waals surface area (Å²) in [6.07, 6.45) is 1.50. The number of esters is 1. The van der Waals surface area contributed by atoms with Crippen LogP contribution in [0, 0.1) is 0 Å². The van der Waals surface area contributed by atoms with Crippen molar-refractivity contribution < 1.29 is 23.9 Å². The summed E-state index contributed by atoms with van der Waals surface area (Å²) in [6, 6.07) is 6.55. The van der Waals surface area contributed by atoms with E-state index in [-0.39, 0.29) is 5.91 Å². The Hall–Kier alpha value is -2.41. The maximum Gasteiger partial charge on any atom is 0.331 e. The molecule has 25 heavy (non-hydrogen) atoms. The molecule has 0 aliphatic carbocycles. The van der Waals surface area contributed by atoms with Crippen LogP contribution in [0.2, 0.25) is 0 Å². The number of methoxy groups -OCH3 is 1. The molecule has 7 heteroatoms. The molecule has 136 valence electrons. The smallest absolute Gasteiger partial charge is 0.331 e. The molecular weight excluding hydrogens is 324 g/mol. The molecule has 2 N–H and O–H groups in total. The number of hydrogen-bond acceptors (Lipinski definition) is 5. The highest BCUT2D eigenvalue weighted by atomic mass is 16.5. The van der Waals surface area contributed by atoms with Gasteiger partial charge in [-0.15, -0.1) is 0 Å². The zero-order valence-electron chi connectivity index (χ0n) is 14.8. The Morgan fingerprint density at radius 3 is 2.72 bits per heavy atom. The molecule has 0 aromatic heterocycles. The summed E-state index contributed by atoms with van der Waals surface area (Å²) >= 11 is 0. The summed E-state index contributed by atoms with van der Waals surface area (Å²) in [6.45, 7) is 3.99. The molecule has 1 aliphatic heterocycles. The van der Waals surface area contributed by atoms with Crippen molar-refractivity contribution in [2.75, 3.05) is 19.0 Å². The van der Waals surface area contributed by atoms with Gasteiger partial charge in [0.25, 0.3) is 11.8 Å². The van der Waals surface area contributed by atoms with Crippen molar-refractivity contribution in [1.82, 2.24) is 5.32 Å². The van der Waals surface area contributed by atoms with Gasteiger partial charge in [0.15, 0.2) is 0 Å². The normalized spacial score (nSPS) is 18.9. The summed E-state index contributed by atoms with van der Waals surface area (Å²) in [4.78, 5) is 36.5. The van der Waals surface area contributed by atoms with Crippen LogP contribution in [-0.4, -0.2) is 43.1 Å². The molecule has 1 saturated heterocycles. The maximum absolute atomic E-state index is 12.5. The predicted molar refractivity (Wildman–Crippen MR) is 92.2 cm³/mol. The van der Waals surface area contributed by atoms with Crippen LogP contribution in [-0.2, 0) is 19.1 Å². The number of amides is 2. The van der Waals surface area contributed by atoms with Crippen LogP contribution in [0.4, 0.5) is 5.69 Å². The SMILES string of the molecule is CC[C@@](C)(NC(=O)c1cccc(NC(=O)[C@H]2CCCO2)c1)C(=O)OC. The zero-order valence-corrected chi connectivity index (χ0v) is 14.8. The van der Waals surface area contributed by atoms with Crippen LogP contribution in [0.5, 0.6) is 0 Å². The van der Waals surface area contributed by atoms with E-state index in [0.29, 0.717) is 30.7 Å². The number of carbonyl (C=O) groups excluding carboxylic acids is 3. The first kappa shape index (κ1) is 18.9. The van der Waals surface area contributed by atoms with Gasteiger partial charge in [-0.3, -0.25) is 9.59 Å². The second-order valence-electron chi connectivity index (χ2n) is 6.20. The van der Waals surface area contributed by atoms with Gasteiger partial charge in [-0.1, -0.05) is 13.0 Å². The van der Waals surface area contributed by atoms with Crippen LogP contribution in [0.3, 0.4) is 0 Å².